The zero-order valence-corrected chi connectivity index (χ0v) is 9.81. The summed E-state index contributed by atoms with van der Waals surface area (Å²) in [5.74, 6) is 0. The van der Waals surface area contributed by atoms with Crippen molar-refractivity contribution in [1.29, 1.82) is 0 Å². The summed E-state index contributed by atoms with van der Waals surface area (Å²) in [7, 11) is 4.88. The van der Waals surface area contributed by atoms with Crippen LogP contribution in [0.2, 0.25) is 0 Å². The molecule has 2 aromatic rings. The van der Waals surface area contributed by atoms with Crippen LogP contribution in [0.4, 0.5) is 0 Å². The molecule has 0 aliphatic rings. The molecular weight excluding hydrogens is 208 g/mol. The molecule has 16 heavy (non-hydrogen) atoms. The summed E-state index contributed by atoms with van der Waals surface area (Å²) in [6.07, 6.45) is 0.709. The molecule has 0 amide bonds. The quantitative estimate of drug-likeness (QED) is 0.655. The predicted molar refractivity (Wildman–Crippen MR) is 60.6 cm³/mol. The minimum absolute atomic E-state index is 0.275. The molecule has 0 unspecified atom stereocenters. The Hall–Kier alpha value is -1.85. The highest BCUT2D eigenvalue weighted by molar-refractivity contribution is 5.77. The van der Waals surface area contributed by atoms with Gasteiger partial charge in [0.15, 0.2) is 5.65 Å². The van der Waals surface area contributed by atoms with E-state index in [2.05, 4.69) is 5.10 Å². The molecule has 0 aliphatic carbocycles. The lowest BCUT2D eigenvalue weighted by atomic mass is 10.2. The molecule has 6 nitrogen and oxygen atoms in total. The Morgan fingerprint density at radius 2 is 1.75 bits per heavy atom. The van der Waals surface area contributed by atoms with Crippen LogP contribution < -0.4 is 11.2 Å². The highest BCUT2D eigenvalue weighted by Crippen LogP contribution is 2.11. The maximum atomic E-state index is 12.0. The van der Waals surface area contributed by atoms with Gasteiger partial charge in [0, 0.05) is 21.1 Å². The number of aryl methyl sites for hydroxylation is 3. The van der Waals surface area contributed by atoms with Gasteiger partial charge in [-0.15, -0.1) is 0 Å². The van der Waals surface area contributed by atoms with Crippen molar-refractivity contribution in [3.63, 3.8) is 0 Å². The monoisotopic (exact) mass is 222 g/mol. The van der Waals surface area contributed by atoms with Crippen molar-refractivity contribution in [1.82, 2.24) is 18.9 Å². The van der Waals surface area contributed by atoms with Crippen molar-refractivity contribution in [2.24, 2.45) is 21.1 Å². The SMILES string of the molecule is CCc1c2c(=O)n(C)c(=O)n(C)c2nn1C. The van der Waals surface area contributed by atoms with E-state index in [-0.39, 0.29) is 11.2 Å². The number of hydrogen-bond acceptors (Lipinski definition) is 3. The van der Waals surface area contributed by atoms with Crippen LogP contribution in [0.5, 0.6) is 0 Å². The fourth-order valence-corrected chi connectivity index (χ4v) is 1.97. The van der Waals surface area contributed by atoms with Crippen LogP contribution in [0, 0.1) is 0 Å². The normalized spacial score (nSPS) is 11.2. The first-order valence-electron chi connectivity index (χ1n) is 5.10. The Kier molecular flexibility index (Phi) is 2.22. The maximum absolute atomic E-state index is 12.0. The second-order valence-corrected chi connectivity index (χ2v) is 3.83. The molecule has 0 saturated carbocycles. The second-order valence-electron chi connectivity index (χ2n) is 3.83. The van der Waals surface area contributed by atoms with Crippen molar-refractivity contribution < 1.29 is 0 Å². The summed E-state index contributed by atoms with van der Waals surface area (Å²) in [5.41, 5.74) is 0.681. The molecule has 0 aromatic carbocycles. The molecule has 2 aromatic heterocycles. The average Bonchev–Trinajstić information content (AvgIpc) is 2.60. The van der Waals surface area contributed by atoms with Gasteiger partial charge in [-0.05, 0) is 6.42 Å². The number of rotatable bonds is 1. The zero-order chi connectivity index (χ0) is 12.0. The van der Waals surface area contributed by atoms with Crippen LogP contribution in [0.25, 0.3) is 11.0 Å². The molecule has 0 bridgehead atoms. The van der Waals surface area contributed by atoms with Gasteiger partial charge in [-0.3, -0.25) is 18.6 Å². The molecular formula is C10H14N4O2. The van der Waals surface area contributed by atoms with E-state index < -0.39 is 0 Å². The van der Waals surface area contributed by atoms with Crippen LogP contribution in [0.15, 0.2) is 9.59 Å². The van der Waals surface area contributed by atoms with E-state index in [9.17, 15) is 9.59 Å². The van der Waals surface area contributed by atoms with Crippen molar-refractivity contribution in [2.75, 3.05) is 0 Å². The number of hydrogen-bond donors (Lipinski definition) is 0. The van der Waals surface area contributed by atoms with Crippen molar-refractivity contribution in [2.45, 2.75) is 13.3 Å². The van der Waals surface area contributed by atoms with E-state index in [1.165, 1.54) is 11.6 Å². The first-order chi connectivity index (χ1) is 7.49. The van der Waals surface area contributed by atoms with Crippen LogP contribution in [-0.2, 0) is 27.6 Å². The third kappa shape index (κ3) is 1.16. The van der Waals surface area contributed by atoms with E-state index in [0.717, 1.165) is 10.3 Å². The van der Waals surface area contributed by atoms with Crippen LogP contribution in [0.3, 0.4) is 0 Å². The molecule has 0 radical (unpaired) electrons. The number of nitrogens with zero attached hydrogens (tertiary/aromatic N) is 4. The number of fused-ring (bicyclic) bond motifs is 1. The summed E-state index contributed by atoms with van der Waals surface area (Å²) in [4.78, 5) is 23.7. The van der Waals surface area contributed by atoms with Gasteiger partial charge in [0.1, 0.15) is 5.39 Å². The van der Waals surface area contributed by atoms with Gasteiger partial charge < -0.3 is 0 Å². The first kappa shape index (κ1) is 10.7. The lowest BCUT2D eigenvalue weighted by Crippen LogP contribution is -2.37. The van der Waals surface area contributed by atoms with Gasteiger partial charge in [0.25, 0.3) is 5.56 Å². The molecule has 0 aliphatic heterocycles. The fourth-order valence-electron chi connectivity index (χ4n) is 1.97. The third-order valence-electron chi connectivity index (χ3n) is 2.89. The molecule has 6 heteroatoms. The second kappa shape index (κ2) is 3.33. The molecule has 0 fully saturated rings. The Morgan fingerprint density at radius 3 is 2.31 bits per heavy atom. The van der Waals surface area contributed by atoms with Crippen LogP contribution in [-0.4, -0.2) is 18.9 Å². The molecule has 86 valence electrons. The molecule has 0 spiro atoms. The van der Waals surface area contributed by atoms with E-state index >= 15 is 0 Å². The van der Waals surface area contributed by atoms with E-state index in [1.54, 1.807) is 18.8 Å². The van der Waals surface area contributed by atoms with Gasteiger partial charge in [0.05, 0.1) is 5.69 Å². The molecule has 2 rings (SSSR count). The molecule has 0 atom stereocenters. The van der Waals surface area contributed by atoms with Crippen LogP contribution in [0.1, 0.15) is 12.6 Å². The summed E-state index contributed by atoms with van der Waals surface area (Å²) < 4.78 is 4.17. The minimum atomic E-state index is -0.349. The minimum Gasteiger partial charge on any atom is -0.279 e. The summed E-state index contributed by atoms with van der Waals surface area (Å²) in [6.45, 7) is 1.96. The highest BCUT2D eigenvalue weighted by Gasteiger charge is 2.16. The molecule has 2 heterocycles. The van der Waals surface area contributed by atoms with Gasteiger partial charge in [-0.2, -0.15) is 5.10 Å². The maximum Gasteiger partial charge on any atom is 0.332 e. The Morgan fingerprint density at radius 1 is 1.12 bits per heavy atom. The Labute approximate surface area is 91.7 Å². The highest BCUT2D eigenvalue weighted by atomic mass is 16.2. The van der Waals surface area contributed by atoms with Crippen molar-refractivity contribution in [3.8, 4) is 0 Å². The topological polar surface area (TPSA) is 61.8 Å². The zero-order valence-electron chi connectivity index (χ0n) is 9.81. The van der Waals surface area contributed by atoms with Crippen molar-refractivity contribution >= 4 is 11.0 Å². The lowest BCUT2D eigenvalue weighted by molar-refractivity contribution is 0.693. The van der Waals surface area contributed by atoms with Gasteiger partial charge in [-0.1, -0.05) is 6.92 Å². The summed E-state index contributed by atoms with van der Waals surface area (Å²) >= 11 is 0. The lowest BCUT2D eigenvalue weighted by Gasteiger charge is -2.02. The fraction of sp³-hybridized carbons (Fsp3) is 0.500. The van der Waals surface area contributed by atoms with E-state index in [4.69, 9.17) is 0 Å². The van der Waals surface area contributed by atoms with Crippen LogP contribution >= 0.6 is 0 Å². The standard InChI is InChI=1S/C10H14N4O2/c1-5-6-7-8(11-14(6)4)12(2)10(16)13(3)9(7)15/h5H2,1-4H3. The smallest absolute Gasteiger partial charge is 0.279 e. The van der Waals surface area contributed by atoms with E-state index in [1.807, 2.05) is 6.92 Å². The van der Waals surface area contributed by atoms with E-state index in [0.29, 0.717) is 17.5 Å². The predicted octanol–water partition coefficient (Wildman–Crippen LogP) is -0.467. The van der Waals surface area contributed by atoms with Gasteiger partial charge in [-0.25, -0.2) is 4.79 Å². The van der Waals surface area contributed by atoms with Crippen molar-refractivity contribution in [3.05, 3.63) is 26.5 Å². The molecule has 0 N–H and O–H groups in total. The first-order valence-corrected chi connectivity index (χ1v) is 5.10. The summed E-state index contributed by atoms with van der Waals surface area (Å²) in [6, 6.07) is 0. The Balaban J connectivity index is 3.15. The average molecular weight is 222 g/mol. The molecule has 0 saturated heterocycles. The van der Waals surface area contributed by atoms with Gasteiger partial charge in [0.2, 0.25) is 0 Å². The summed E-state index contributed by atoms with van der Waals surface area (Å²) in [5, 5.41) is 4.75. The third-order valence-corrected chi connectivity index (χ3v) is 2.89. The largest absolute Gasteiger partial charge is 0.332 e. The van der Waals surface area contributed by atoms with Gasteiger partial charge >= 0.3 is 5.69 Å². The Bertz CT molecular complexity index is 675. The number of aromatic nitrogens is 4.